The van der Waals surface area contributed by atoms with E-state index in [-0.39, 0.29) is 0 Å². The molecule has 16 nitrogen and oxygen atoms in total. The molecule has 0 bridgehead atoms. The zero-order valence-corrected chi connectivity index (χ0v) is 21.4. The van der Waals surface area contributed by atoms with Crippen LogP contribution in [0.5, 0.6) is 0 Å². The van der Waals surface area contributed by atoms with Crippen molar-refractivity contribution >= 4 is 29.8 Å². The lowest BCUT2D eigenvalue weighted by Gasteiger charge is -2.45. The zero-order valence-electron chi connectivity index (χ0n) is 21.4. The Bertz CT molecular complexity index is 891. The highest BCUT2D eigenvalue weighted by atomic mass is 16.8. The first-order chi connectivity index (χ1) is 17.7. The molecule has 0 saturated carbocycles. The summed E-state index contributed by atoms with van der Waals surface area (Å²) >= 11 is 0. The molecule has 2 aliphatic heterocycles. The van der Waals surface area contributed by atoms with Crippen LogP contribution < -0.4 is 0 Å². The molecule has 0 radical (unpaired) electrons. The van der Waals surface area contributed by atoms with E-state index in [2.05, 4.69) is 0 Å². The molecule has 0 amide bonds. The van der Waals surface area contributed by atoms with E-state index in [0.717, 1.165) is 34.6 Å². The van der Waals surface area contributed by atoms with Gasteiger partial charge in [-0.3, -0.25) is 24.0 Å². The van der Waals surface area contributed by atoms with Crippen LogP contribution in [0.15, 0.2) is 0 Å². The van der Waals surface area contributed by atoms with Crippen LogP contribution in [-0.2, 0) is 61.9 Å². The summed E-state index contributed by atoms with van der Waals surface area (Å²) in [7, 11) is 0. The Kier molecular flexibility index (Phi) is 10.9. The molecule has 0 aliphatic carbocycles. The standard InChI is InChI=1S/C22H32O16/c1-9(25)31-7-15-16(30)18(33-11(3)27)19(34-12(4)28)21(36-15)38-22(8-24)20(35-13(5)29)17(32-10(2)26)14(6-23)37-22/h14-21,23-24,30H,6-8H2,1-5H3/t14-,15-,16-,17+,18-,19-,20+,21-,22+/m0/s1. The van der Waals surface area contributed by atoms with Gasteiger partial charge >= 0.3 is 29.8 Å². The molecule has 0 unspecified atom stereocenters. The van der Waals surface area contributed by atoms with Gasteiger partial charge in [-0.15, -0.1) is 0 Å². The first kappa shape index (κ1) is 31.3. The number of hydrogen-bond donors (Lipinski definition) is 3. The molecule has 0 aromatic rings. The summed E-state index contributed by atoms with van der Waals surface area (Å²) in [5, 5.41) is 30.9. The summed E-state index contributed by atoms with van der Waals surface area (Å²) in [6.07, 6.45) is -12.8. The van der Waals surface area contributed by atoms with Crippen LogP contribution in [0.3, 0.4) is 0 Å². The Hall–Kier alpha value is -2.89. The number of carbonyl (C=O) groups excluding carboxylic acids is 5. The van der Waals surface area contributed by atoms with Gasteiger partial charge < -0.3 is 53.2 Å². The Morgan fingerprint density at radius 3 is 1.74 bits per heavy atom. The molecule has 2 rings (SSSR count). The average molecular weight is 552 g/mol. The van der Waals surface area contributed by atoms with E-state index in [9.17, 15) is 39.3 Å². The molecule has 38 heavy (non-hydrogen) atoms. The number of rotatable bonds is 10. The van der Waals surface area contributed by atoms with Gasteiger partial charge in [0.2, 0.25) is 12.1 Å². The van der Waals surface area contributed by atoms with Crippen LogP contribution in [0.4, 0.5) is 0 Å². The van der Waals surface area contributed by atoms with Crippen molar-refractivity contribution in [1.29, 1.82) is 0 Å². The number of hydrogen-bond acceptors (Lipinski definition) is 16. The summed E-state index contributed by atoms with van der Waals surface area (Å²) in [4.78, 5) is 58.6. The third-order valence-corrected chi connectivity index (χ3v) is 5.43. The number of aliphatic hydroxyl groups is 3. The first-order valence-corrected chi connectivity index (χ1v) is 11.5. The van der Waals surface area contributed by atoms with Crippen molar-refractivity contribution in [3.63, 3.8) is 0 Å². The molecule has 16 heteroatoms. The monoisotopic (exact) mass is 552 g/mol. The fraction of sp³-hybridized carbons (Fsp3) is 0.773. The van der Waals surface area contributed by atoms with E-state index >= 15 is 0 Å². The van der Waals surface area contributed by atoms with Crippen molar-refractivity contribution in [1.82, 2.24) is 0 Å². The Balaban J connectivity index is 2.55. The molecule has 9 atom stereocenters. The predicted molar refractivity (Wildman–Crippen MR) is 116 cm³/mol. The highest BCUT2D eigenvalue weighted by molar-refractivity contribution is 5.68. The van der Waals surface area contributed by atoms with Crippen LogP contribution in [0.25, 0.3) is 0 Å². The first-order valence-electron chi connectivity index (χ1n) is 11.5. The Morgan fingerprint density at radius 1 is 0.737 bits per heavy atom. The fourth-order valence-corrected chi connectivity index (χ4v) is 4.06. The van der Waals surface area contributed by atoms with E-state index in [1.807, 2.05) is 0 Å². The maximum absolute atomic E-state index is 11.9. The molecule has 2 aliphatic rings. The molecule has 0 aromatic heterocycles. The lowest BCUT2D eigenvalue weighted by atomic mass is 9.98. The van der Waals surface area contributed by atoms with Gasteiger partial charge in [0.25, 0.3) is 0 Å². The van der Waals surface area contributed by atoms with Gasteiger partial charge in [0, 0.05) is 34.6 Å². The summed E-state index contributed by atoms with van der Waals surface area (Å²) in [5.41, 5.74) is 0. The Labute approximate surface area is 216 Å². The minimum atomic E-state index is -2.39. The SMILES string of the molecule is CC(=O)OC[C@@H]1O[C@@H](O[C@@]2(CO)O[C@@H](CO)[C@@H](OC(C)=O)[C@H]2OC(C)=O)[C@@H](OC(C)=O)[C@@H](OC(C)=O)[C@H]1O. The second kappa shape index (κ2) is 13.3. The maximum atomic E-state index is 11.9. The van der Waals surface area contributed by atoms with E-state index in [1.54, 1.807) is 0 Å². The molecular weight excluding hydrogens is 520 g/mol. The van der Waals surface area contributed by atoms with Crippen molar-refractivity contribution in [2.24, 2.45) is 0 Å². The summed E-state index contributed by atoms with van der Waals surface area (Å²) < 4.78 is 42.9. The molecule has 0 spiro atoms. The second-order valence-corrected chi connectivity index (χ2v) is 8.51. The fourth-order valence-electron chi connectivity index (χ4n) is 4.06. The van der Waals surface area contributed by atoms with Crippen LogP contribution in [0.2, 0.25) is 0 Å². The second-order valence-electron chi connectivity index (χ2n) is 8.51. The van der Waals surface area contributed by atoms with Crippen molar-refractivity contribution < 1.29 is 77.2 Å². The van der Waals surface area contributed by atoms with E-state index in [0.29, 0.717) is 0 Å². The number of esters is 5. The summed E-state index contributed by atoms with van der Waals surface area (Å²) in [6.45, 7) is 2.76. The van der Waals surface area contributed by atoms with Gasteiger partial charge in [-0.25, -0.2) is 0 Å². The zero-order chi connectivity index (χ0) is 28.8. The molecule has 0 aromatic carbocycles. The van der Waals surface area contributed by atoms with Gasteiger partial charge in [-0.2, -0.15) is 0 Å². The van der Waals surface area contributed by atoms with Gasteiger partial charge in [0.15, 0.2) is 24.4 Å². The van der Waals surface area contributed by atoms with Crippen molar-refractivity contribution in [2.75, 3.05) is 19.8 Å². The number of carbonyl (C=O) groups is 5. The van der Waals surface area contributed by atoms with Crippen molar-refractivity contribution in [2.45, 2.75) is 89.4 Å². The topological polar surface area (TPSA) is 220 Å². The minimum Gasteiger partial charge on any atom is -0.463 e. The highest BCUT2D eigenvalue weighted by Gasteiger charge is 2.63. The van der Waals surface area contributed by atoms with Crippen molar-refractivity contribution in [3.8, 4) is 0 Å². The molecule has 2 saturated heterocycles. The predicted octanol–water partition coefficient (Wildman–Crippen LogP) is -2.54. The van der Waals surface area contributed by atoms with Crippen LogP contribution in [0, 0.1) is 0 Å². The maximum Gasteiger partial charge on any atom is 0.303 e. The van der Waals surface area contributed by atoms with E-state index in [4.69, 9.17) is 37.9 Å². The minimum absolute atomic E-state index is 0.559. The molecule has 3 N–H and O–H groups in total. The lowest BCUT2D eigenvalue weighted by Crippen LogP contribution is -2.65. The highest BCUT2D eigenvalue weighted by Crippen LogP contribution is 2.40. The van der Waals surface area contributed by atoms with E-state index < -0.39 is 104 Å². The van der Waals surface area contributed by atoms with Gasteiger partial charge in [0.1, 0.15) is 31.5 Å². The van der Waals surface area contributed by atoms with Crippen LogP contribution in [-0.4, -0.2) is 120 Å². The largest absolute Gasteiger partial charge is 0.463 e. The smallest absolute Gasteiger partial charge is 0.303 e. The number of ether oxygens (including phenoxy) is 8. The normalized spacial score (nSPS) is 34.6. The van der Waals surface area contributed by atoms with Crippen molar-refractivity contribution in [3.05, 3.63) is 0 Å². The molecule has 2 heterocycles. The van der Waals surface area contributed by atoms with Crippen LogP contribution >= 0.6 is 0 Å². The average Bonchev–Trinajstić information content (AvgIpc) is 3.08. The van der Waals surface area contributed by atoms with Gasteiger partial charge in [0.05, 0.1) is 6.61 Å². The molecule has 216 valence electrons. The van der Waals surface area contributed by atoms with Gasteiger partial charge in [-0.05, 0) is 0 Å². The quantitative estimate of drug-likeness (QED) is 0.188. The number of aliphatic hydroxyl groups excluding tert-OH is 3. The Morgan fingerprint density at radius 2 is 1.26 bits per heavy atom. The summed E-state index contributed by atoms with van der Waals surface area (Å²) in [5.74, 6) is -6.67. The van der Waals surface area contributed by atoms with Gasteiger partial charge in [-0.1, -0.05) is 0 Å². The lowest BCUT2D eigenvalue weighted by molar-refractivity contribution is -0.384. The third-order valence-electron chi connectivity index (χ3n) is 5.43. The molecular formula is C22H32O16. The third kappa shape index (κ3) is 7.58. The molecule has 2 fully saturated rings. The summed E-state index contributed by atoms with van der Waals surface area (Å²) in [6, 6.07) is 0. The van der Waals surface area contributed by atoms with Crippen LogP contribution in [0.1, 0.15) is 34.6 Å². The van der Waals surface area contributed by atoms with E-state index in [1.165, 1.54) is 0 Å².